The van der Waals surface area contributed by atoms with Crippen LogP contribution in [-0.4, -0.2) is 38.1 Å². The molecule has 1 N–H and O–H groups in total. The number of nitrogens with one attached hydrogen (secondary N) is 1. The molecule has 0 aromatic rings. The third-order valence-electron chi connectivity index (χ3n) is 2.04. The zero-order chi connectivity index (χ0) is 6.69. The average molecular weight is 209 g/mol. The number of hydrogen-bond acceptors (Lipinski definition) is 2. The Kier molecular flexibility index (Phi) is 5.31. The van der Waals surface area contributed by atoms with E-state index in [-0.39, 0.29) is 17.0 Å². The van der Waals surface area contributed by atoms with Gasteiger partial charge in [-0.15, -0.1) is 17.0 Å². The SMILES string of the molecule is Br.CN(C)C1CCNCC1. The van der Waals surface area contributed by atoms with E-state index in [2.05, 4.69) is 24.3 Å². The first kappa shape index (κ1) is 10.4. The summed E-state index contributed by atoms with van der Waals surface area (Å²) in [5.41, 5.74) is 0. The molecular weight excluding hydrogens is 192 g/mol. The summed E-state index contributed by atoms with van der Waals surface area (Å²) in [5.74, 6) is 0. The number of rotatable bonds is 1. The van der Waals surface area contributed by atoms with Gasteiger partial charge in [0, 0.05) is 6.04 Å². The first-order chi connectivity index (χ1) is 4.30. The van der Waals surface area contributed by atoms with Crippen molar-refractivity contribution in [2.24, 2.45) is 0 Å². The zero-order valence-electron chi connectivity index (χ0n) is 6.76. The van der Waals surface area contributed by atoms with Crippen LogP contribution in [0.5, 0.6) is 0 Å². The number of halogens is 1. The molecule has 2 nitrogen and oxygen atoms in total. The van der Waals surface area contributed by atoms with Gasteiger partial charge in [0.1, 0.15) is 0 Å². The van der Waals surface area contributed by atoms with Crippen LogP contribution in [0.4, 0.5) is 0 Å². The van der Waals surface area contributed by atoms with E-state index in [1.165, 1.54) is 25.9 Å². The van der Waals surface area contributed by atoms with Crippen LogP contribution in [0.3, 0.4) is 0 Å². The maximum absolute atomic E-state index is 3.34. The van der Waals surface area contributed by atoms with Crippen LogP contribution < -0.4 is 5.32 Å². The summed E-state index contributed by atoms with van der Waals surface area (Å²) in [6.07, 6.45) is 2.62. The minimum atomic E-state index is 0. The summed E-state index contributed by atoms with van der Waals surface area (Å²) in [6.45, 7) is 2.39. The maximum atomic E-state index is 3.34. The van der Waals surface area contributed by atoms with E-state index < -0.39 is 0 Å². The van der Waals surface area contributed by atoms with Crippen molar-refractivity contribution in [3.63, 3.8) is 0 Å². The molecule has 1 heterocycles. The fourth-order valence-electron chi connectivity index (χ4n) is 1.32. The van der Waals surface area contributed by atoms with Crippen molar-refractivity contribution in [2.45, 2.75) is 18.9 Å². The van der Waals surface area contributed by atoms with Crippen molar-refractivity contribution in [3.05, 3.63) is 0 Å². The molecule has 0 bridgehead atoms. The minimum absolute atomic E-state index is 0. The Morgan fingerprint density at radius 1 is 1.20 bits per heavy atom. The lowest BCUT2D eigenvalue weighted by Crippen LogP contribution is -2.39. The molecule has 1 aliphatic rings. The fourth-order valence-corrected chi connectivity index (χ4v) is 1.32. The highest BCUT2D eigenvalue weighted by Crippen LogP contribution is 2.06. The van der Waals surface area contributed by atoms with E-state index >= 15 is 0 Å². The lowest BCUT2D eigenvalue weighted by molar-refractivity contribution is 0.238. The predicted octanol–water partition coefficient (Wildman–Crippen LogP) is 0.878. The second-order valence-corrected chi connectivity index (χ2v) is 2.94. The van der Waals surface area contributed by atoms with Crippen LogP contribution in [0.25, 0.3) is 0 Å². The average Bonchev–Trinajstić information content (AvgIpc) is 1.90. The molecular formula is C7H17BrN2. The third kappa shape index (κ3) is 2.99. The highest BCUT2D eigenvalue weighted by atomic mass is 79.9. The topological polar surface area (TPSA) is 15.3 Å². The molecule has 1 fully saturated rings. The summed E-state index contributed by atoms with van der Waals surface area (Å²) < 4.78 is 0. The monoisotopic (exact) mass is 208 g/mol. The van der Waals surface area contributed by atoms with Gasteiger partial charge < -0.3 is 10.2 Å². The van der Waals surface area contributed by atoms with Crippen molar-refractivity contribution in [1.82, 2.24) is 10.2 Å². The standard InChI is InChI=1S/C7H16N2.BrH/c1-9(2)7-3-5-8-6-4-7;/h7-8H,3-6H2,1-2H3;1H. The van der Waals surface area contributed by atoms with Crippen molar-refractivity contribution < 1.29 is 0 Å². The quantitative estimate of drug-likeness (QED) is 0.689. The van der Waals surface area contributed by atoms with Crippen molar-refractivity contribution >= 4 is 17.0 Å². The molecule has 0 aliphatic carbocycles. The smallest absolute Gasteiger partial charge is 0.0113 e. The van der Waals surface area contributed by atoms with Gasteiger partial charge in [0.15, 0.2) is 0 Å². The molecule has 0 atom stereocenters. The van der Waals surface area contributed by atoms with Gasteiger partial charge in [0.25, 0.3) is 0 Å². The first-order valence-electron chi connectivity index (χ1n) is 3.68. The maximum Gasteiger partial charge on any atom is 0.0113 e. The largest absolute Gasteiger partial charge is 0.317 e. The van der Waals surface area contributed by atoms with Crippen molar-refractivity contribution in [1.29, 1.82) is 0 Å². The van der Waals surface area contributed by atoms with E-state index in [1.807, 2.05) is 0 Å². The molecule has 1 saturated heterocycles. The van der Waals surface area contributed by atoms with Crippen LogP contribution in [0.1, 0.15) is 12.8 Å². The Morgan fingerprint density at radius 3 is 2.00 bits per heavy atom. The molecule has 0 radical (unpaired) electrons. The molecule has 1 aliphatic heterocycles. The Morgan fingerprint density at radius 2 is 1.70 bits per heavy atom. The Balaban J connectivity index is 0.000000810. The van der Waals surface area contributed by atoms with Gasteiger partial charge >= 0.3 is 0 Å². The predicted molar refractivity (Wildman–Crippen MR) is 49.9 cm³/mol. The summed E-state index contributed by atoms with van der Waals surface area (Å²) in [4.78, 5) is 2.32. The molecule has 0 aromatic carbocycles. The summed E-state index contributed by atoms with van der Waals surface area (Å²) in [7, 11) is 4.33. The summed E-state index contributed by atoms with van der Waals surface area (Å²) in [6, 6.07) is 0.825. The minimum Gasteiger partial charge on any atom is -0.317 e. The van der Waals surface area contributed by atoms with Gasteiger partial charge in [-0.3, -0.25) is 0 Å². The van der Waals surface area contributed by atoms with Gasteiger partial charge in [0.05, 0.1) is 0 Å². The van der Waals surface area contributed by atoms with E-state index in [9.17, 15) is 0 Å². The highest BCUT2D eigenvalue weighted by Gasteiger charge is 2.13. The Labute approximate surface area is 73.7 Å². The molecule has 0 saturated carbocycles. The summed E-state index contributed by atoms with van der Waals surface area (Å²) >= 11 is 0. The third-order valence-corrected chi connectivity index (χ3v) is 2.04. The molecule has 10 heavy (non-hydrogen) atoms. The Bertz CT molecular complexity index is 79.7. The Hall–Kier alpha value is 0.400. The van der Waals surface area contributed by atoms with E-state index in [0.29, 0.717) is 0 Å². The molecule has 62 valence electrons. The second kappa shape index (κ2) is 5.10. The molecule has 0 aromatic heterocycles. The molecule has 0 amide bonds. The van der Waals surface area contributed by atoms with E-state index in [1.54, 1.807) is 0 Å². The van der Waals surface area contributed by atoms with Crippen molar-refractivity contribution in [2.75, 3.05) is 27.2 Å². The lowest BCUT2D eigenvalue weighted by Gasteiger charge is -2.28. The van der Waals surface area contributed by atoms with Crippen LogP contribution in [0, 0.1) is 0 Å². The normalized spacial score (nSPS) is 20.7. The number of hydrogen-bond donors (Lipinski definition) is 1. The molecule has 0 unspecified atom stereocenters. The van der Waals surface area contributed by atoms with Gasteiger partial charge in [0.2, 0.25) is 0 Å². The molecule has 0 spiro atoms. The molecule has 1 rings (SSSR count). The van der Waals surface area contributed by atoms with Gasteiger partial charge in [-0.2, -0.15) is 0 Å². The fraction of sp³-hybridized carbons (Fsp3) is 1.00. The lowest BCUT2D eigenvalue weighted by atomic mass is 10.1. The van der Waals surface area contributed by atoms with Crippen LogP contribution >= 0.6 is 17.0 Å². The second-order valence-electron chi connectivity index (χ2n) is 2.94. The van der Waals surface area contributed by atoms with E-state index in [4.69, 9.17) is 0 Å². The summed E-state index contributed by atoms with van der Waals surface area (Å²) in [5, 5.41) is 3.34. The van der Waals surface area contributed by atoms with Gasteiger partial charge in [-0.1, -0.05) is 0 Å². The van der Waals surface area contributed by atoms with Gasteiger partial charge in [-0.25, -0.2) is 0 Å². The molecule has 3 heteroatoms. The van der Waals surface area contributed by atoms with Gasteiger partial charge in [-0.05, 0) is 40.0 Å². The van der Waals surface area contributed by atoms with Crippen LogP contribution in [0.15, 0.2) is 0 Å². The van der Waals surface area contributed by atoms with Crippen LogP contribution in [0.2, 0.25) is 0 Å². The van der Waals surface area contributed by atoms with Crippen molar-refractivity contribution in [3.8, 4) is 0 Å². The zero-order valence-corrected chi connectivity index (χ0v) is 8.47. The van der Waals surface area contributed by atoms with E-state index in [0.717, 1.165) is 6.04 Å². The van der Waals surface area contributed by atoms with Crippen LogP contribution in [-0.2, 0) is 0 Å². The number of piperidine rings is 1. The highest BCUT2D eigenvalue weighted by molar-refractivity contribution is 8.93. The number of nitrogens with zero attached hydrogens (tertiary/aromatic N) is 1. The first-order valence-corrected chi connectivity index (χ1v) is 3.68.